The maximum absolute atomic E-state index is 13.5. The second-order valence-electron chi connectivity index (χ2n) is 7.77. The number of fused-ring (bicyclic) bond motifs is 4. The van der Waals surface area contributed by atoms with Gasteiger partial charge in [-0.05, 0) is 66.1 Å². The van der Waals surface area contributed by atoms with Crippen LogP contribution in [0.25, 0.3) is 15.9 Å². The number of hydrogen-bond donors (Lipinski definition) is 2. The Hall–Kier alpha value is -3.00. The molecule has 0 unspecified atom stereocenters. The monoisotopic (exact) mass is 404 g/mol. The lowest BCUT2D eigenvalue weighted by molar-refractivity contribution is 0.0931. The zero-order valence-electron chi connectivity index (χ0n) is 15.8. The van der Waals surface area contributed by atoms with Crippen LogP contribution in [0.5, 0.6) is 0 Å². The highest BCUT2D eigenvalue weighted by Gasteiger charge is 2.31. The number of benzene rings is 1. The topological polar surface area (TPSA) is 88.5 Å². The fourth-order valence-corrected chi connectivity index (χ4v) is 6.13. The number of hydrogen-bond acceptors (Lipinski definition) is 5. The number of nitrogens with one attached hydrogen (secondary N) is 2. The molecule has 0 spiro atoms. The first-order valence-electron chi connectivity index (χ1n) is 10.1. The zero-order chi connectivity index (χ0) is 19.4. The van der Waals surface area contributed by atoms with Crippen LogP contribution in [-0.2, 0) is 19.3 Å². The van der Waals surface area contributed by atoms with Crippen molar-refractivity contribution >= 4 is 28.1 Å². The summed E-state index contributed by atoms with van der Waals surface area (Å²) < 4.78 is 1.62. The molecule has 7 nitrogen and oxygen atoms in total. The molecule has 146 valence electrons. The summed E-state index contributed by atoms with van der Waals surface area (Å²) in [5, 5.41) is 17.0. The molecule has 3 aromatic heterocycles. The minimum absolute atomic E-state index is 0.00248. The van der Waals surface area contributed by atoms with E-state index in [0.717, 1.165) is 60.3 Å². The molecule has 8 heteroatoms. The predicted molar refractivity (Wildman–Crippen MR) is 110 cm³/mol. The average molecular weight is 404 g/mol. The Morgan fingerprint density at radius 3 is 2.97 bits per heavy atom. The van der Waals surface area contributed by atoms with Gasteiger partial charge in [0, 0.05) is 21.5 Å². The molecule has 2 N–H and O–H groups in total. The van der Waals surface area contributed by atoms with Crippen LogP contribution >= 0.6 is 11.3 Å². The summed E-state index contributed by atoms with van der Waals surface area (Å²) in [5.41, 5.74) is 5.56. The van der Waals surface area contributed by atoms with Gasteiger partial charge in [-0.2, -0.15) is 4.68 Å². The number of aromatic nitrogens is 5. The van der Waals surface area contributed by atoms with E-state index in [9.17, 15) is 4.79 Å². The molecular weight excluding hydrogens is 384 g/mol. The summed E-state index contributed by atoms with van der Waals surface area (Å²) in [5.74, 6) is -0.0218. The van der Waals surface area contributed by atoms with Crippen molar-refractivity contribution in [3.05, 3.63) is 57.9 Å². The van der Waals surface area contributed by atoms with E-state index >= 15 is 0 Å². The summed E-state index contributed by atoms with van der Waals surface area (Å²) in [7, 11) is 0. The van der Waals surface area contributed by atoms with Crippen LogP contribution in [0.4, 0.5) is 0 Å². The number of carbonyl (C=O) groups excluding carboxylic acids is 1. The Morgan fingerprint density at radius 2 is 2.07 bits per heavy atom. The van der Waals surface area contributed by atoms with Gasteiger partial charge in [-0.15, -0.1) is 16.4 Å². The Morgan fingerprint density at radius 1 is 1.17 bits per heavy atom. The van der Waals surface area contributed by atoms with E-state index in [1.165, 1.54) is 21.4 Å². The maximum atomic E-state index is 13.5. The lowest BCUT2D eigenvalue weighted by atomic mass is 9.91. The van der Waals surface area contributed by atoms with E-state index in [1.807, 2.05) is 6.07 Å². The first-order chi connectivity index (χ1) is 14.3. The fourth-order valence-electron chi connectivity index (χ4n) is 4.83. The summed E-state index contributed by atoms with van der Waals surface area (Å²) >= 11 is 1.64. The van der Waals surface area contributed by atoms with Crippen LogP contribution in [0.15, 0.2) is 30.6 Å². The van der Waals surface area contributed by atoms with Gasteiger partial charge in [0.25, 0.3) is 5.91 Å². The lowest BCUT2D eigenvalue weighted by Gasteiger charge is -2.24. The quantitative estimate of drug-likeness (QED) is 0.547. The van der Waals surface area contributed by atoms with Gasteiger partial charge in [0.2, 0.25) is 0 Å². The molecule has 0 radical (unpaired) electrons. The molecule has 0 saturated carbocycles. The molecule has 3 heterocycles. The number of thiophene rings is 1. The van der Waals surface area contributed by atoms with Crippen molar-refractivity contribution in [1.82, 2.24) is 30.5 Å². The number of para-hydroxylation sites is 1. The molecule has 1 amide bonds. The minimum Gasteiger partial charge on any atom is -0.356 e. The van der Waals surface area contributed by atoms with Crippen molar-refractivity contribution in [3.63, 3.8) is 0 Å². The second kappa shape index (κ2) is 6.52. The van der Waals surface area contributed by atoms with Gasteiger partial charge in [-0.1, -0.05) is 18.2 Å². The van der Waals surface area contributed by atoms with Crippen LogP contribution in [0, 0.1) is 0 Å². The maximum Gasteiger partial charge on any atom is 0.255 e. The molecule has 29 heavy (non-hydrogen) atoms. The highest BCUT2D eigenvalue weighted by Crippen LogP contribution is 2.39. The lowest BCUT2D eigenvalue weighted by Crippen LogP contribution is -2.32. The van der Waals surface area contributed by atoms with E-state index in [-0.39, 0.29) is 11.9 Å². The number of aryl methyl sites for hydroxylation is 2. The predicted octanol–water partition coefficient (Wildman–Crippen LogP) is 3.50. The smallest absolute Gasteiger partial charge is 0.255 e. The fraction of sp³-hybridized carbons (Fsp3) is 0.333. The molecule has 0 saturated heterocycles. The molecule has 0 fully saturated rings. The Balaban J connectivity index is 1.38. The number of tetrazole rings is 1. The minimum atomic E-state index is -0.0218. The van der Waals surface area contributed by atoms with Gasteiger partial charge in [-0.3, -0.25) is 4.79 Å². The molecule has 4 aromatic rings. The number of aromatic amines is 1. The normalized spacial score (nSPS) is 18.0. The van der Waals surface area contributed by atoms with Crippen LogP contribution in [0.1, 0.15) is 57.4 Å². The van der Waals surface area contributed by atoms with Gasteiger partial charge in [0.15, 0.2) is 0 Å². The Kier molecular flexibility index (Phi) is 3.80. The van der Waals surface area contributed by atoms with Gasteiger partial charge in [0.05, 0.1) is 11.6 Å². The summed E-state index contributed by atoms with van der Waals surface area (Å²) in [6.45, 7) is 0. The average Bonchev–Trinajstić information content (AvgIpc) is 3.49. The summed E-state index contributed by atoms with van der Waals surface area (Å²) in [6.07, 6.45) is 7.70. The largest absolute Gasteiger partial charge is 0.356 e. The molecule has 2 aliphatic rings. The molecule has 2 aliphatic carbocycles. The number of carbonyl (C=O) groups is 1. The first-order valence-corrected chi connectivity index (χ1v) is 10.9. The molecule has 6 rings (SSSR count). The number of rotatable bonds is 3. The van der Waals surface area contributed by atoms with Crippen molar-refractivity contribution in [2.24, 2.45) is 0 Å². The standard InChI is InChI=1S/C21H20N6OS/c28-20(18-14-7-4-10-17(14)29-21(18)27-11-22-25-26-27)24-16-9-3-6-13-12-5-1-2-8-15(12)23-19(13)16/h1-2,5,8,11,16,23H,3-4,6-7,9-10H2,(H,24,28)/t16-/m1/s1. The van der Waals surface area contributed by atoms with E-state index in [4.69, 9.17) is 0 Å². The van der Waals surface area contributed by atoms with Gasteiger partial charge in [-0.25, -0.2) is 0 Å². The first kappa shape index (κ1) is 16.9. The Labute approximate surface area is 171 Å². The van der Waals surface area contributed by atoms with Crippen molar-refractivity contribution in [2.45, 2.75) is 44.6 Å². The summed E-state index contributed by atoms with van der Waals surface area (Å²) in [6, 6.07) is 8.39. The molecular formula is C21H20N6OS. The van der Waals surface area contributed by atoms with Crippen molar-refractivity contribution < 1.29 is 4.79 Å². The van der Waals surface area contributed by atoms with Crippen LogP contribution in [0.2, 0.25) is 0 Å². The third-order valence-corrected chi connectivity index (χ3v) is 7.39. The Bertz CT molecular complexity index is 1220. The van der Waals surface area contributed by atoms with Gasteiger partial charge in [0.1, 0.15) is 11.3 Å². The van der Waals surface area contributed by atoms with E-state index in [2.05, 4.69) is 44.0 Å². The van der Waals surface area contributed by atoms with Crippen molar-refractivity contribution in [2.75, 3.05) is 0 Å². The zero-order valence-corrected chi connectivity index (χ0v) is 16.6. The molecule has 1 aromatic carbocycles. The van der Waals surface area contributed by atoms with E-state index < -0.39 is 0 Å². The summed E-state index contributed by atoms with van der Waals surface area (Å²) in [4.78, 5) is 18.3. The third-order valence-electron chi connectivity index (χ3n) is 6.11. The van der Waals surface area contributed by atoms with E-state index in [0.29, 0.717) is 0 Å². The van der Waals surface area contributed by atoms with Gasteiger partial charge >= 0.3 is 0 Å². The number of amides is 1. The number of nitrogens with zero attached hydrogens (tertiary/aromatic N) is 4. The molecule has 0 aliphatic heterocycles. The molecule has 0 bridgehead atoms. The number of H-pyrrole nitrogens is 1. The SMILES string of the molecule is O=C(N[C@@H]1CCCc2c1[nH]c1ccccc21)c1c(-n2cnnn2)sc2c1CCC2. The van der Waals surface area contributed by atoms with Gasteiger partial charge < -0.3 is 10.3 Å². The van der Waals surface area contributed by atoms with Crippen LogP contribution < -0.4 is 5.32 Å². The van der Waals surface area contributed by atoms with Crippen molar-refractivity contribution in [1.29, 1.82) is 0 Å². The third kappa shape index (κ3) is 2.62. The molecule has 1 atom stereocenters. The second-order valence-corrected chi connectivity index (χ2v) is 8.86. The van der Waals surface area contributed by atoms with Crippen LogP contribution in [-0.4, -0.2) is 31.1 Å². The van der Waals surface area contributed by atoms with E-state index in [1.54, 1.807) is 22.3 Å². The van der Waals surface area contributed by atoms with Crippen molar-refractivity contribution in [3.8, 4) is 5.00 Å². The highest BCUT2D eigenvalue weighted by molar-refractivity contribution is 7.15. The highest BCUT2D eigenvalue weighted by atomic mass is 32.1. The van der Waals surface area contributed by atoms with Crippen LogP contribution in [0.3, 0.4) is 0 Å².